The lowest BCUT2D eigenvalue weighted by molar-refractivity contribution is 0.653. The summed E-state index contributed by atoms with van der Waals surface area (Å²) in [6.45, 7) is 0. The van der Waals surface area contributed by atoms with Crippen LogP contribution in [0.25, 0.3) is 116 Å². The minimum atomic E-state index is 0.534. The summed E-state index contributed by atoms with van der Waals surface area (Å²) in [4.78, 5) is 10.4. The first kappa shape index (κ1) is 30.0. The zero-order chi connectivity index (χ0) is 36.0. The second kappa shape index (κ2) is 11.5. The van der Waals surface area contributed by atoms with Crippen molar-refractivity contribution in [2.24, 2.45) is 0 Å². The second-order valence-electron chi connectivity index (χ2n) is 14.1. The molecule has 0 fully saturated rings. The molecule has 0 amide bonds. The summed E-state index contributed by atoms with van der Waals surface area (Å²) >= 11 is 0. The maximum absolute atomic E-state index is 6.94. The molecule has 8 aromatic carbocycles. The quantitative estimate of drug-likeness (QED) is 0.183. The van der Waals surface area contributed by atoms with Gasteiger partial charge in [-0.1, -0.05) is 127 Å². The summed E-state index contributed by atoms with van der Waals surface area (Å²) in [6, 6.07) is 61.4. The number of hydrogen-bond donors (Lipinski definition) is 0. The van der Waals surface area contributed by atoms with Gasteiger partial charge >= 0.3 is 0 Å². The Hall–Kier alpha value is -7.50. The van der Waals surface area contributed by atoms with E-state index in [1.165, 1.54) is 21.5 Å². The minimum absolute atomic E-state index is 0.534. The van der Waals surface area contributed by atoms with Crippen LogP contribution in [0.3, 0.4) is 0 Å². The van der Waals surface area contributed by atoms with Crippen molar-refractivity contribution in [3.05, 3.63) is 176 Å². The number of hydrogen-bond acceptors (Lipinski definition) is 4. The topological polar surface area (TPSA) is 57.0 Å². The highest BCUT2D eigenvalue weighted by Crippen LogP contribution is 2.45. The molecule has 0 saturated carbocycles. The van der Waals surface area contributed by atoms with E-state index in [2.05, 4.69) is 126 Å². The highest BCUT2D eigenvalue weighted by molar-refractivity contribution is 6.20. The second-order valence-corrected chi connectivity index (χ2v) is 14.1. The van der Waals surface area contributed by atoms with Crippen LogP contribution in [-0.2, 0) is 0 Å². The smallest absolute Gasteiger partial charge is 0.231 e. The number of nitrogens with zero attached hydrogens (tertiary/aromatic N) is 3. The molecule has 55 heavy (non-hydrogen) atoms. The van der Waals surface area contributed by atoms with Crippen LogP contribution in [0.15, 0.2) is 185 Å². The Morgan fingerprint density at radius 1 is 0.418 bits per heavy atom. The SMILES string of the molecule is c1ccc(-c2ccc3oc4nc(-c5ccccc5)nc(-c5ccc(-n6c7ccccc7c7cc8ccccc8cc76)c6c5oc5ccccc56)c4c3c2)cc1. The van der Waals surface area contributed by atoms with Gasteiger partial charge in [-0.2, -0.15) is 4.98 Å². The van der Waals surface area contributed by atoms with Crippen molar-refractivity contribution in [1.82, 2.24) is 14.5 Å². The van der Waals surface area contributed by atoms with Gasteiger partial charge in [0.25, 0.3) is 0 Å². The molecule has 0 aliphatic heterocycles. The number of para-hydroxylation sites is 2. The van der Waals surface area contributed by atoms with Gasteiger partial charge in [0.1, 0.15) is 16.7 Å². The molecule has 12 aromatic rings. The highest BCUT2D eigenvalue weighted by Gasteiger charge is 2.25. The first-order chi connectivity index (χ1) is 27.3. The van der Waals surface area contributed by atoms with Crippen molar-refractivity contribution < 1.29 is 8.83 Å². The Labute approximate surface area is 314 Å². The summed E-state index contributed by atoms with van der Waals surface area (Å²) in [6.07, 6.45) is 0. The molecular weight excluding hydrogens is 675 g/mol. The van der Waals surface area contributed by atoms with E-state index in [0.717, 1.165) is 83.0 Å². The Morgan fingerprint density at radius 2 is 1.11 bits per heavy atom. The first-order valence-electron chi connectivity index (χ1n) is 18.5. The van der Waals surface area contributed by atoms with E-state index in [0.29, 0.717) is 11.5 Å². The van der Waals surface area contributed by atoms with Crippen molar-refractivity contribution in [2.75, 3.05) is 0 Å². The zero-order valence-corrected chi connectivity index (χ0v) is 29.4. The van der Waals surface area contributed by atoms with Gasteiger partial charge in [0.15, 0.2) is 5.82 Å². The van der Waals surface area contributed by atoms with Gasteiger partial charge < -0.3 is 13.4 Å². The molecule has 0 aliphatic rings. The first-order valence-corrected chi connectivity index (χ1v) is 18.5. The Balaban J connectivity index is 1.20. The van der Waals surface area contributed by atoms with Gasteiger partial charge in [0, 0.05) is 32.7 Å². The Bertz CT molecular complexity index is 3480. The van der Waals surface area contributed by atoms with Crippen LogP contribution in [0, 0.1) is 0 Å². The molecule has 0 radical (unpaired) electrons. The lowest BCUT2D eigenvalue weighted by Gasteiger charge is -2.13. The number of benzene rings is 8. The van der Waals surface area contributed by atoms with Gasteiger partial charge in [-0.25, -0.2) is 4.98 Å². The molecule has 0 atom stereocenters. The fourth-order valence-corrected chi connectivity index (χ4v) is 8.49. The summed E-state index contributed by atoms with van der Waals surface area (Å²) in [5.41, 5.74) is 11.0. The molecule has 0 saturated heterocycles. The van der Waals surface area contributed by atoms with Gasteiger partial charge in [-0.05, 0) is 70.4 Å². The van der Waals surface area contributed by atoms with Gasteiger partial charge in [0.05, 0.1) is 33.2 Å². The molecular formula is C50H29N3O2. The molecule has 4 aromatic heterocycles. The van der Waals surface area contributed by atoms with Gasteiger partial charge in [-0.3, -0.25) is 0 Å². The van der Waals surface area contributed by atoms with Crippen molar-refractivity contribution in [2.45, 2.75) is 0 Å². The minimum Gasteiger partial charge on any atom is -0.455 e. The Morgan fingerprint density at radius 3 is 1.95 bits per heavy atom. The van der Waals surface area contributed by atoms with E-state index < -0.39 is 0 Å². The van der Waals surface area contributed by atoms with E-state index in [1.54, 1.807) is 0 Å². The maximum Gasteiger partial charge on any atom is 0.231 e. The fraction of sp³-hybridized carbons (Fsp3) is 0. The molecule has 256 valence electrons. The number of rotatable bonds is 4. The molecule has 0 unspecified atom stereocenters. The predicted molar refractivity (Wildman–Crippen MR) is 225 cm³/mol. The lowest BCUT2D eigenvalue weighted by Crippen LogP contribution is -1.97. The normalized spacial score (nSPS) is 12.0. The summed E-state index contributed by atoms with van der Waals surface area (Å²) < 4.78 is 15.9. The molecule has 4 heterocycles. The van der Waals surface area contributed by atoms with Gasteiger partial charge in [-0.15, -0.1) is 0 Å². The number of furan rings is 2. The highest BCUT2D eigenvalue weighted by atomic mass is 16.3. The van der Waals surface area contributed by atoms with Crippen molar-refractivity contribution in [3.8, 4) is 39.5 Å². The summed E-state index contributed by atoms with van der Waals surface area (Å²) in [5, 5.41) is 8.70. The third-order valence-corrected chi connectivity index (χ3v) is 11.0. The van der Waals surface area contributed by atoms with E-state index >= 15 is 0 Å². The van der Waals surface area contributed by atoms with Crippen LogP contribution in [0.2, 0.25) is 0 Å². The standard InChI is InChI=1S/C50H29N3O2/c1-3-13-30(14-4-1)34-23-26-44-39(28-34)46-47(51-49(52-50(46)55-44)31-15-5-2-6-16-31)37-24-25-41(45-36-20-10-12-22-43(36)54-48(37)45)53-40-21-11-9-19-35(40)38-27-32-17-7-8-18-33(32)29-42(38)53/h1-29H. The Kier molecular flexibility index (Phi) is 6.27. The van der Waals surface area contributed by atoms with Crippen molar-refractivity contribution >= 4 is 76.6 Å². The van der Waals surface area contributed by atoms with Crippen LogP contribution in [0.1, 0.15) is 0 Å². The van der Waals surface area contributed by atoms with Crippen LogP contribution >= 0.6 is 0 Å². The zero-order valence-electron chi connectivity index (χ0n) is 29.4. The van der Waals surface area contributed by atoms with E-state index in [9.17, 15) is 0 Å². The van der Waals surface area contributed by atoms with Crippen LogP contribution < -0.4 is 0 Å². The molecule has 0 aliphatic carbocycles. The molecule has 0 bridgehead atoms. The maximum atomic E-state index is 6.94. The van der Waals surface area contributed by atoms with Gasteiger partial charge in [0.2, 0.25) is 5.71 Å². The monoisotopic (exact) mass is 703 g/mol. The van der Waals surface area contributed by atoms with Crippen molar-refractivity contribution in [1.29, 1.82) is 0 Å². The predicted octanol–water partition coefficient (Wildman–Crippen LogP) is 13.5. The van der Waals surface area contributed by atoms with Crippen molar-refractivity contribution in [3.63, 3.8) is 0 Å². The average Bonchev–Trinajstić information content (AvgIpc) is 3.92. The number of fused-ring (bicyclic) bond motifs is 10. The third kappa shape index (κ3) is 4.47. The average molecular weight is 704 g/mol. The lowest BCUT2D eigenvalue weighted by atomic mass is 9.99. The van der Waals surface area contributed by atoms with Crippen LogP contribution in [0.4, 0.5) is 0 Å². The van der Waals surface area contributed by atoms with E-state index in [4.69, 9.17) is 18.8 Å². The van der Waals surface area contributed by atoms with E-state index in [-0.39, 0.29) is 0 Å². The molecule has 5 heteroatoms. The number of aromatic nitrogens is 3. The molecule has 0 N–H and O–H groups in total. The van der Waals surface area contributed by atoms with Crippen LogP contribution in [-0.4, -0.2) is 14.5 Å². The largest absolute Gasteiger partial charge is 0.455 e. The fourth-order valence-electron chi connectivity index (χ4n) is 8.49. The summed E-state index contributed by atoms with van der Waals surface area (Å²) in [7, 11) is 0. The molecule has 5 nitrogen and oxygen atoms in total. The van der Waals surface area contributed by atoms with Crippen LogP contribution in [0.5, 0.6) is 0 Å². The molecule has 0 spiro atoms. The summed E-state index contributed by atoms with van der Waals surface area (Å²) in [5.74, 6) is 0.591. The third-order valence-electron chi connectivity index (χ3n) is 11.0. The molecule has 12 rings (SSSR count). The van der Waals surface area contributed by atoms with E-state index in [1.807, 2.05) is 54.6 Å².